The summed E-state index contributed by atoms with van der Waals surface area (Å²) >= 11 is 1.57. The van der Waals surface area contributed by atoms with E-state index in [-0.39, 0.29) is 12.0 Å². The number of aliphatic carboxylic acids is 1. The number of rotatable bonds is 7. The molecule has 0 saturated heterocycles. The number of carboxylic acids is 2. The minimum absolute atomic E-state index is 0.0974. The lowest BCUT2D eigenvalue weighted by Crippen LogP contribution is -1.96. The molecule has 132 valence electrons. The molecule has 0 fully saturated rings. The second-order valence-electron chi connectivity index (χ2n) is 5.83. The van der Waals surface area contributed by atoms with Gasteiger partial charge in [-0.15, -0.1) is 11.3 Å². The van der Waals surface area contributed by atoms with Crippen LogP contribution in [0.3, 0.4) is 0 Å². The van der Waals surface area contributed by atoms with Gasteiger partial charge in [-0.25, -0.2) is 9.78 Å². The highest BCUT2D eigenvalue weighted by molar-refractivity contribution is 7.19. The number of benzene rings is 2. The summed E-state index contributed by atoms with van der Waals surface area (Å²) in [5, 5.41) is 18.8. The molecule has 0 atom stereocenters. The summed E-state index contributed by atoms with van der Waals surface area (Å²) in [5.41, 5.74) is 2.96. The van der Waals surface area contributed by atoms with Gasteiger partial charge in [0.05, 0.1) is 15.8 Å². The Morgan fingerprint density at radius 3 is 2.38 bits per heavy atom. The van der Waals surface area contributed by atoms with Crippen LogP contribution >= 0.6 is 11.3 Å². The fourth-order valence-electron chi connectivity index (χ4n) is 2.60. The van der Waals surface area contributed by atoms with E-state index >= 15 is 0 Å². The molecule has 1 aromatic heterocycles. The number of para-hydroxylation sites is 1. The van der Waals surface area contributed by atoms with Crippen molar-refractivity contribution in [3.8, 4) is 0 Å². The average molecular weight is 367 g/mol. The predicted octanol–water partition coefficient (Wildman–Crippen LogP) is 4.79. The zero-order valence-electron chi connectivity index (χ0n) is 13.9. The van der Waals surface area contributed by atoms with Crippen LogP contribution < -0.4 is 0 Å². The fourth-order valence-corrected chi connectivity index (χ4v) is 3.61. The summed E-state index contributed by atoms with van der Waals surface area (Å²) in [5.74, 6) is -1.78. The third-order valence-electron chi connectivity index (χ3n) is 3.90. The highest BCUT2D eigenvalue weighted by atomic mass is 32.1. The zero-order chi connectivity index (χ0) is 18.5. The SMILES string of the molecule is O=C(O)CCC/C(=C\c1ccc(C(=O)O)cc1)c1nc2ccccc2s1. The Kier molecular flexibility index (Phi) is 5.43. The molecule has 0 aliphatic carbocycles. The number of allylic oxidation sites excluding steroid dienone is 1. The molecule has 1 heterocycles. The summed E-state index contributed by atoms with van der Waals surface area (Å²) in [7, 11) is 0. The van der Waals surface area contributed by atoms with Gasteiger partial charge in [0.2, 0.25) is 0 Å². The number of aromatic carboxylic acids is 1. The first-order valence-corrected chi connectivity index (χ1v) is 8.96. The number of hydrogen-bond acceptors (Lipinski definition) is 4. The maximum Gasteiger partial charge on any atom is 0.335 e. The maximum absolute atomic E-state index is 11.0. The zero-order valence-corrected chi connectivity index (χ0v) is 14.7. The van der Waals surface area contributed by atoms with E-state index in [1.165, 1.54) is 0 Å². The molecule has 0 radical (unpaired) electrons. The maximum atomic E-state index is 11.0. The minimum atomic E-state index is -0.964. The van der Waals surface area contributed by atoms with Crippen molar-refractivity contribution >= 4 is 45.1 Å². The van der Waals surface area contributed by atoms with Gasteiger partial charge in [0, 0.05) is 6.42 Å². The van der Waals surface area contributed by atoms with E-state index in [4.69, 9.17) is 10.2 Å². The van der Waals surface area contributed by atoms with Crippen molar-refractivity contribution in [3.63, 3.8) is 0 Å². The van der Waals surface area contributed by atoms with Gasteiger partial charge in [-0.2, -0.15) is 0 Å². The van der Waals surface area contributed by atoms with Crippen LogP contribution in [0.2, 0.25) is 0 Å². The smallest absolute Gasteiger partial charge is 0.335 e. The van der Waals surface area contributed by atoms with Crippen molar-refractivity contribution in [3.05, 3.63) is 64.7 Å². The molecule has 0 saturated carbocycles. The molecule has 2 N–H and O–H groups in total. The van der Waals surface area contributed by atoms with Crippen LogP contribution in [0.1, 0.15) is 40.2 Å². The van der Waals surface area contributed by atoms with Gasteiger partial charge < -0.3 is 10.2 Å². The van der Waals surface area contributed by atoms with Crippen LogP contribution in [0.25, 0.3) is 21.9 Å². The number of nitrogens with zero attached hydrogens (tertiary/aromatic N) is 1. The van der Waals surface area contributed by atoms with E-state index < -0.39 is 11.9 Å². The molecule has 0 aliphatic heterocycles. The monoisotopic (exact) mass is 367 g/mol. The van der Waals surface area contributed by atoms with Gasteiger partial charge in [-0.1, -0.05) is 24.3 Å². The second kappa shape index (κ2) is 7.93. The van der Waals surface area contributed by atoms with Gasteiger partial charge in [-0.05, 0) is 54.3 Å². The molecule has 0 amide bonds. The van der Waals surface area contributed by atoms with Crippen LogP contribution in [0.5, 0.6) is 0 Å². The molecule has 0 aliphatic rings. The summed E-state index contributed by atoms with van der Waals surface area (Å²) in [6.45, 7) is 0. The van der Waals surface area contributed by atoms with Crippen molar-refractivity contribution in [2.45, 2.75) is 19.3 Å². The number of thiazole rings is 1. The van der Waals surface area contributed by atoms with E-state index in [1.54, 1.807) is 35.6 Å². The van der Waals surface area contributed by atoms with E-state index in [9.17, 15) is 9.59 Å². The van der Waals surface area contributed by atoms with Crippen molar-refractivity contribution in [1.29, 1.82) is 0 Å². The predicted molar refractivity (Wildman–Crippen MR) is 102 cm³/mol. The molecule has 26 heavy (non-hydrogen) atoms. The van der Waals surface area contributed by atoms with E-state index in [0.29, 0.717) is 12.8 Å². The summed E-state index contributed by atoms with van der Waals surface area (Å²) in [4.78, 5) is 26.5. The fraction of sp³-hybridized carbons (Fsp3) is 0.150. The standard InChI is InChI=1S/C20H17NO4S/c22-18(23)7-3-4-15(12-13-8-10-14(11-9-13)20(24)25)19-21-16-5-1-2-6-17(16)26-19/h1-2,5-6,8-12H,3-4,7H2,(H,22,23)(H,24,25)/b15-12+. The van der Waals surface area contributed by atoms with Crippen molar-refractivity contribution in [1.82, 2.24) is 4.98 Å². The van der Waals surface area contributed by atoms with Crippen molar-refractivity contribution in [2.24, 2.45) is 0 Å². The lowest BCUT2D eigenvalue weighted by Gasteiger charge is -2.04. The van der Waals surface area contributed by atoms with Gasteiger partial charge in [0.1, 0.15) is 5.01 Å². The Balaban J connectivity index is 1.93. The number of carbonyl (C=O) groups is 2. The largest absolute Gasteiger partial charge is 0.481 e. The Morgan fingerprint density at radius 1 is 1.00 bits per heavy atom. The molecule has 3 aromatic rings. The Hall–Kier alpha value is -2.99. The summed E-state index contributed by atoms with van der Waals surface area (Å²) in [6.07, 6.45) is 3.16. The first kappa shape index (κ1) is 17.8. The molecule has 0 unspecified atom stereocenters. The van der Waals surface area contributed by atoms with Crippen molar-refractivity contribution < 1.29 is 19.8 Å². The first-order valence-electron chi connectivity index (χ1n) is 8.14. The summed E-state index contributed by atoms with van der Waals surface area (Å²) in [6, 6.07) is 14.5. The first-order chi connectivity index (χ1) is 12.5. The molecule has 3 rings (SSSR count). The molecule has 0 bridgehead atoms. The Bertz CT molecular complexity index is 940. The van der Waals surface area contributed by atoms with Crippen LogP contribution in [0.4, 0.5) is 0 Å². The normalized spacial score (nSPS) is 11.6. The molecule has 6 heteroatoms. The second-order valence-corrected chi connectivity index (χ2v) is 6.86. The lowest BCUT2D eigenvalue weighted by atomic mass is 10.0. The summed E-state index contributed by atoms with van der Waals surface area (Å²) < 4.78 is 1.08. The van der Waals surface area contributed by atoms with E-state index in [2.05, 4.69) is 4.98 Å². The van der Waals surface area contributed by atoms with Crippen LogP contribution in [0.15, 0.2) is 48.5 Å². The molecule has 5 nitrogen and oxygen atoms in total. The molecular weight excluding hydrogens is 350 g/mol. The number of carboxylic acid groups (broad SMARTS) is 2. The Labute approximate surface area is 154 Å². The van der Waals surface area contributed by atoms with Crippen LogP contribution in [-0.4, -0.2) is 27.1 Å². The number of hydrogen-bond donors (Lipinski definition) is 2. The van der Waals surface area contributed by atoms with Gasteiger partial charge in [0.15, 0.2) is 0 Å². The quantitative estimate of drug-likeness (QED) is 0.627. The molecule has 0 spiro atoms. The number of aromatic nitrogens is 1. The topological polar surface area (TPSA) is 87.5 Å². The Morgan fingerprint density at radius 2 is 1.73 bits per heavy atom. The van der Waals surface area contributed by atoms with Gasteiger partial charge in [-0.3, -0.25) is 4.79 Å². The lowest BCUT2D eigenvalue weighted by molar-refractivity contribution is -0.137. The van der Waals surface area contributed by atoms with Gasteiger partial charge in [0.25, 0.3) is 0 Å². The highest BCUT2D eigenvalue weighted by Crippen LogP contribution is 2.31. The minimum Gasteiger partial charge on any atom is -0.481 e. The number of fused-ring (bicyclic) bond motifs is 1. The highest BCUT2D eigenvalue weighted by Gasteiger charge is 2.10. The van der Waals surface area contributed by atoms with Crippen LogP contribution in [0, 0.1) is 0 Å². The van der Waals surface area contributed by atoms with Crippen molar-refractivity contribution in [2.75, 3.05) is 0 Å². The van der Waals surface area contributed by atoms with E-state index in [0.717, 1.165) is 26.4 Å². The van der Waals surface area contributed by atoms with Crippen LogP contribution in [-0.2, 0) is 4.79 Å². The third kappa shape index (κ3) is 4.34. The molecule has 2 aromatic carbocycles. The average Bonchev–Trinajstić information content (AvgIpc) is 3.05. The van der Waals surface area contributed by atoms with E-state index in [1.807, 2.05) is 30.3 Å². The molecular formula is C20H17NO4S. The third-order valence-corrected chi connectivity index (χ3v) is 5.02. The van der Waals surface area contributed by atoms with Gasteiger partial charge >= 0.3 is 11.9 Å².